The monoisotopic (exact) mass is 450 g/mol. The normalized spacial score (nSPS) is 22.9. The van der Waals surface area contributed by atoms with E-state index in [-0.39, 0.29) is 21.8 Å². The maximum atomic E-state index is 5.55. The topological polar surface area (TPSA) is 18.5 Å². The summed E-state index contributed by atoms with van der Waals surface area (Å²) in [5, 5.41) is 0. The maximum absolute atomic E-state index is 5.55. The maximum Gasteiger partial charge on any atom is 0.0622 e. The number of ether oxygens (including phenoxy) is 2. The van der Waals surface area contributed by atoms with Gasteiger partial charge in [-0.25, -0.2) is 21.8 Å². The van der Waals surface area contributed by atoms with Gasteiger partial charge in [0.1, 0.15) is 0 Å². The largest absolute Gasteiger partial charge is 0.378 e. The van der Waals surface area contributed by atoms with E-state index in [0.717, 1.165) is 26.4 Å². The number of thiol groups is 2. The van der Waals surface area contributed by atoms with E-state index in [4.69, 9.17) is 9.47 Å². The molecule has 0 N–H and O–H groups in total. The zero-order valence-electron chi connectivity index (χ0n) is 18.0. The van der Waals surface area contributed by atoms with Crippen molar-refractivity contribution in [1.82, 2.24) is 0 Å². The van der Waals surface area contributed by atoms with Crippen molar-refractivity contribution < 1.29 is 9.47 Å². The Morgan fingerprint density at radius 1 is 0.690 bits per heavy atom. The molecule has 4 rings (SSSR count). The molecule has 0 spiro atoms. The summed E-state index contributed by atoms with van der Waals surface area (Å²) in [5.74, 6) is 0. The van der Waals surface area contributed by atoms with Crippen LogP contribution in [0.2, 0.25) is 0 Å². The van der Waals surface area contributed by atoms with Gasteiger partial charge in [0.15, 0.2) is 0 Å². The van der Waals surface area contributed by atoms with Gasteiger partial charge in [-0.2, -0.15) is 0 Å². The van der Waals surface area contributed by atoms with Crippen LogP contribution in [0.25, 0.3) is 0 Å². The average molecular weight is 451 g/mol. The second-order valence-electron chi connectivity index (χ2n) is 8.35. The van der Waals surface area contributed by atoms with Crippen LogP contribution in [0.3, 0.4) is 0 Å². The molecule has 2 aromatic carbocycles. The van der Waals surface area contributed by atoms with Gasteiger partial charge in [0.05, 0.1) is 26.4 Å². The van der Waals surface area contributed by atoms with E-state index in [1.54, 1.807) is 0 Å². The van der Waals surface area contributed by atoms with E-state index in [1.165, 1.54) is 32.4 Å². The predicted molar refractivity (Wildman–Crippen MR) is 131 cm³/mol. The van der Waals surface area contributed by atoms with E-state index < -0.39 is 0 Å². The first-order chi connectivity index (χ1) is 14.0. The van der Waals surface area contributed by atoms with Crippen LogP contribution in [-0.2, 0) is 9.47 Å². The highest BCUT2D eigenvalue weighted by molar-refractivity contribution is 8.18. The fourth-order valence-electron chi connectivity index (χ4n) is 4.10. The van der Waals surface area contributed by atoms with Gasteiger partial charge in [-0.1, -0.05) is 25.6 Å². The van der Waals surface area contributed by atoms with Crippen molar-refractivity contribution in [2.75, 3.05) is 38.9 Å². The summed E-state index contributed by atoms with van der Waals surface area (Å²) in [4.78, 5) is 5.62. The van der Waals surface area contributed by atoms with Crippen molar-refractivity contribution in [3.63, 3.8) is 0 Å². The summed E-state index contributed by atoms with van der Waals surface area (Å²) in [6.45, 7) is 8.33. The molecule has 0 saturated carbocycles. The van der Waals surface area contributed by atoms with Crippen molar-refractivity contribution in [2.45, 2.75) is 55.8 Å². The Bertz CT molecular complexity index is 731. The Morgan fingerprint density at radius 3 is 1.28 bits per heavy atom. The van der Waals surface area contributed by atoms with Gasteiger partial charge in [-0.05, 0) is 83.7 Å². The highest BCUT2D eigenvalue weighted by atomic mass is 32.2. The molecular formula is C24H34O2S3. The third-order valence-electron chi connectivity index (χ3n) is 6.91. The molecule has 29 heavy (non-hydrogen) atoms. The van der Waals surface area contributed by atoms with Gasteiger partial charge in [-0.3, -0.25) is 0 Å². The number of hydrogen-bond donors (Lipinski definition) is 2. The summed E-state index contributed by atoms with van der Waals surface area (Å²) >= 11 is 1.86. The second kappa shape index (κ2) is 8.88. The minimum atomic E-state index is -0.169. The van der Waals surface area contributed by atoms with Crippen LogP contribution in [0.5, 0.6) is 0 Å². The molecule has 0 aromatic heterocycles. The van der Waals surface area contributed by atoms with E-state index in [1.807, 2.05) is 11.8 Å². The summed E-state index contributed by atoms with van der Waals surface area (Å²) in [6, 6.07) is 18.5. The zero-order valence-corrected chi connectivity index (χ0v) is 20.6. The lowest BCUT2D eigenvalue weighted by molar-refractivity contribution is -0.0111. The minimum absolute atomic E-state index is 0.169. The summed E-state index contributed by atoms with van der Waals surface area (Å²) in [5.41, 5.74) is 0. The lowest BCUT2D eigenvalue weighted by Gasteiger charge is -2.48. The van der Waals surface area contributed by atoms with Crippen molar-refractivity contribution in [1.29, 1.82) is 0 Å². The van der Waals surface area contributed by atoms with Crippen molar-refractivity contribution in [2.24, 2.45) is 0 Å². The molecule has 2 heterocycles. The second-order valence-corrected chi connectivity index (χ2v) is 14.7. The molecule has 2 aliphatic heterocycles. The van der Waals surface area contributed by atoms with Crippen LogP contribution in [0.1, 0.15) is 26.7 Å². The molecule has 5 heteroatoms. The molecule has 2 saturated heterocycles. The zero-order chi connectivity index (χ0) is 20.5. The van der Waals surface area contributed by atoms with Crippen LogP contribution < -0.4 is 0 Å². The minimum Gasteiger partial charge on any atom is -0.378 e. The smallest absolute Gasteiger partial charge is 0.0622 e. The molecule has 0 radical (unpaired) electrons. The number of hydrogen-bond acceptors (Lipinski definition) is 3. The summed E-state index contributed by atoms with van der Waals surface area (Å²) < 4.78 is 11.9. The average Bonchev–Trinajstić information content (AvgIpc) is 2.68. The van der Waals surface area contributed by atoms with Crippen LogP contribution >= 0.6 is 33.6 Å². The lowest BCUT2D eigenvalue weighted by Crippen LogP contribution is -2.48. The van der Waals surface area contributed by atoms with Crippen molar-refractivity contribution in [3.05, 3.63) is 48.5 Å². The van der Waals surface area contributed by atoms with Gasteiger partial charge in [0.25, 0.3) is 0 Å². The SMILES string of the molecule is CCC1([SH](C)c2ccc(Sc3ccc([SH](C)C4(CC)COC4)cc3)cc2)COC1. The molecule has 2 aliphatic rings. The standard InChI is InChI=1S/C24H34O2S3/c1-5-23(15-25-16-23)28(3)21-11-7-19(8-12-21)27-20-9-13-22(14-10-20)29(4)24(6-2)17-26-18-24/h7-14,28-29H,5-6,15-18H2,1-4H3. The summed E-state index contributed by atoms with van der Waals surface area (Å²) in [7, 11) is -0.339. The molecular weight excluding hydrogens is 416 g/mol. The quantitative estimate of drug-likeness (QED) is 0.469. The molecule has 0 aliphatic carbocycles. The van der Waals surface area contributed by atoms with E-state index in [2.05, 4.69) is 74.9 Å². The Kier molecular flexibility index (Phi) is 6.62. The van der Waals surface area contributed by atoms with Crippen LogP contribution in [0, 0.1) is 0 Å². The number of benzene rings is 2. The van der Waals surface area contributed by atoms with Gasteiger partial charge in [0, 0.05) is 19.3 Å². The first-order valence-corrected chi connectivity index (χ1v) is 14.9. The predicted octanol–water partition coefficient (Wildman–Crippen LogP) is 6.18. The molecule has 2 nitrogen and oxygen atoms in total. The Morgan fingerprint density at radius 2 is 1.03 bits per heavy atom. The van der Waals surface area contributed by atoms with E-state index in [9.17, 15) is 0 Å². The molecule has 2 unspecified atom stereocenters. The third-order valence-corrected chi connectivity index (χ3v) is 14.1. The van der Waals surface area contributed by atoms with Gasteiger partial charge in [-0.15, -0.1) is 0 Å². The first-order valence-electron chi connectivity index (χ1n) is 10.5. The van der Waals surface area contributed by atoms with E-state index in [0.29, 0.717) is 9.49 Å². The van der Waals surface area contributed by atoms with Crippen LogP contribution in [0.15, 0.2) is 68.1 Å². The highest BCUT2D eigenvalue weighted by Crippen LogP contribution is 2.53. The van der Waals surface area contributed by atoms with Crippen molar-refractivity contribution >= 4 is 33.6 Å². The Labute approximate surface area is 185 Å². The third kappa shape index (κ3) is 4.14. The van der Waals surface area contributed by atoms with Gasteiger partial charge < -0.3 is 9.47 Å². The lowest BCUT2D eigenvalue weighted by atomic mass is 10.0. The van der Waals surface area contributed by atoms with Gasteiger partial charge in [0.2, 0.25) is 0 Å². The molecule has 0 bridgehead atoms. The fraction of sp³-hybridized carbons (Fsp3) is 0.500. The summed E-state index contributed by atoms with van der Waals surface area (Å²) in [6.07, 6.45) is 7.26. The van der Waals surface area contributed by atoms with E-state index >= 15 is 0 Å². The van der Waals surface area contributed by atoms with Gasteiger partial charge >= 0.3 is 0 Å². The highest BCUT2D eigenvalue weighted by Gasteiger charge is 2.41. The molecule has 2 aromatic rings. The Hall–Kier alpha value is -0.590. The Balaban J connectivity index is 1.40. The number of rotatable bonds is 8. The molecule has 0 amide bonds. The molecule has 2 atom stereocenters. The van der Waals surface area contributed by atoms with Crippen LogP contribution in [0.4, 0.5) is 0 Å². The van der Waals surface area contributed by atoms with Crippen LogP contribution in [-0.4, -0.2) is 48.4 Å². The molecule has 2 fully saturated rings. The van der Waals surface area contributed by atoms with Crippen molar-refractivity contribution in [3.8, 4) is 0 Å². The fourth-order valence-corrected chi connectivity index (χ4v) is 9.30. The molecule has 160 valence electrons. The first kappa shape index (κ1) is 21.6.